The molecular formula is C18H24N4O2. The van der Waals surface area contributed by atoms with Crippen molar-refractivity contribution in [1.82, 2.24) is 15.6 Å². The van der Waals surface area contributed by atoms with Crippen LogP contribution in [0, 0.1) is 0 Å². The molecule has 0 fully saturated rings. The minimum absolute atomic E-state index is 0.00760. The molecule has 0 radical (unpaired) electrons. The van der Waals surface area contributed by atoms with Gasteiger partial charge in [0.25, 0.3) is 0 Å². The van der Waals surface area contributed by atoms with Crippen LogP contribution in [0.5, 0.6) is 11.5 Å². The third kappa shape index (κ3) is 5.79. The Morgan fingerprint density at radius 3 is 2.50 bits per heavy atom. The molecule has 0 aliphatic heterocycles. The molecule has 2 N–H and O–H groups in total. The summed E-state index contributed by atoms with van der Waals surface area (Å²) in [4.78, 5) is 8.47. The van der Waals surface area contributed by atoms with E-state index in [0.717, 1.165) is 17.2 Å². The van der Waals surface area contributed by atoms with E-state index in [2.05, 4.69) is 20.6 Å². The predicted octanol–water partition coefficient (Wildman–Crippen LogP) is 2.22. The van der Waals surface area contributed by atoms with Gasteiger partial charge >= 0.3 is 0 Å². The molecule has 2 aromatic rings. The van der Waals surface area contributed by atoms with E-state index < -0.39 is 0 Å². The molecule has 24 heavy (non-hydrogen) atoms. The number of nitrogens with one attached hydrogen (secondary N) is 2. The maximum atomic E-state index is 5.86. The molecule has 0 aliphatic rings. The highest BCUT2D eigenvalue weighted by atomic mass is 16.5. The van der Waals surface area contributed by atoms with Crippen LogP contribution in [0.3, 0.4) is 0 Å². The van der Waals surface area contributed by atoms with Gasteiger partial charge in [-0.05, 0) is 43.3 Å². The van der Waals surface area contributed by atoms with Gasteiger partial charge in [-0.2, -0.15) is 0 Å². The predicted molar refractivity (Wildman–Crippen MR) is 95.5 cm³/mol. The van der Waals surface area contributed by atoms with Crippen LogP contribution in [0.25, 0.3) is 0 Å². The smallest absolute Gasteiger partial charge is 0.191 e. The topological polar surface area (TPSA) is 67.8 Å². The molecule has 1 atom stereocenters. The Morgan fingerprint density at radius 2 is 1.88 bits per heavy atom. The fourth-order valence-electron chi connectivity index (χ4n) is 2.07. The number of hydrogen-bond acceptors (Lipinski definition) is 4. The first-order valence-corrected chi connectivity index (χ1v) is 7.86. The van der Waals surface area contributed by atoms with Crippen LogP contribution in [-0.4, -0.2) is 37.7 Å². The monoisotopic (exact) mass is 328 g/mol. The average Bonchev–Trinajstić information content (AvgIpc) is 2.63. The normalized spacial score (nSPS) is 12.4. The first-order valence-electron chi connectivity index (χ1n) is 7.86. The molecular weight excluding hydrogens is 304 g/mol. The third-order valence-corrected chi connectivity index (χ3v) is 3.34. The minimum Gasteiger partial charge on any atom is -0.497 e. The van der Waals surface area contributed by atoms with E-state index in [9.17, 15) is 0 Å². The van der Waals surface area contributed by atoms with Crippen LogP contribution >= 0.6 is 0 Å². The van der Waals surface area contributed by atoms with Crippen molar-refractivity contribution in [2.75, 3.05) is 20.7 Å². The summed E-state index contributed by atoms with van der Waals surface area (Å²) in [6.07, 6.45) is 1.77. The van der Waals surface area contributed by atoms with Crippen molar-refractivity contribution < 1.29 is 9.47 Å². The highest BCUT2D eigenvalue weighted by Crippen LogP contribution is 2.17. The zero-order valence-electron chi connectivity index (χ0n) is 14.3. The fourth-order valence-corrected chi connectivity index (χ4v) is 2.07. The molecule has 0 saturated carbocycles. The van der Waals surface area contributed by atoms with E-state index >= 15 is 0 Å². The largest absolute Gasteiger partial charge is 0.497 e. The summed E-state index contributed by atoms with van der Waals surface area (Å²) in [7, 11) is 3.38. The fraction of sp³-hybridized carbons (Fsp3) is 0.333. The highest BCUT2D eigenvalue weighted by molar-refractivity contribution is 5.79. The number of hydrogen-bond donors (Lipinski definition) is 2. The second-order valence-electron chi connectivity index (χ2n) is 5.23. The molecule has 0 saturated heterocycles. The van der Waals surface area contributed by atoms with Gasteiger partial charge in [-0.25, -0.2) is 0 Å². The average molecular weight is 328 g/mol. The number of nitrogens with zero attached hydrogens (tertiary/aromatic N) is 2. The Labute approximate surface area is 142 Å². The Bertz CT molecular complexity index is 629. The number of aliphatic imine (C=N–C) groups is 1. The van der Waals surface area contributed by atoms with E-state index in [-0.39, 0.29) is 6.10 Å². The lowest BCUT2D eigenvalue weighted by Crippen LogP contribution is -2.41. The molecule has 1 unspecified atom stereocenters. The van der Waals surface area contributed by atoms with Gasteiger partial charge in [0.15, 0.2) is 5.96 Å². The highest BCUT2D eigenvalue weighted by Gasteiger charge is 2.06. The first kappa shape index (κ1) is 17.6. The number of guanidine groups is 1. The molecule has 0 bridgehead atoms. The van der Waals surface area contributed by atoms with Crippen molar-refractivity contribution in [2.24, 2.45) is 4.99 Å². The second-order valence-corrected chi connectivity index (χ2v) is 5.23. The van der Waals surface area contributed by atoms with Crippen molar-refractivity contribution in [3.63, 3.8) is 0 Å². The molecule has 1 aromatic heterocycles. The summed E-state index contributed by atoms with van der Waals surface area (Å²) in [5, 5.41) is 6.47. The van der Waals surface area contributed by atoms with Gasteiger partial charge in [0.2, 0.25) is 0 Å². The van der Waals surface area contributed by atoms with Gasteiger partial charge in [0.1, 0.15) is 17.6 Å². The van der Waals surface area contributed by atoms with Gasteiger partial charge in [-0.1, -0.05) is 6.07 Å². The lowest BCUT2D eigenvalue weighted by atomic mass is 10.3. The zero-order chi connectivity index (χ0) is 17.2. The van der Waals surface area contributed by atoms with Crippen molar-refractivity contribution in [3.05, 3.63) is 54.4 Å². The molecule has 0 amide bonds. The van der Waals surface area contributed by atoms with Crippen LogP contribution in [-0.2, 0) is 6.54 Å². The molecule has 1 aromatic carbocycles. The standard InChI is InChI=1S/C18H24N4O2/c1-14(24-17-9-7-16(23-3)8-10-17)12-21-18(19-2)22-13-15-6-4-5-11-20-15/h4-11,14H,12-13H2,1-3H3,(H2,19,21,22). The van der Waals surface area contributed by atoms with Crippen molar-refractivity contribution in [2.45, 2.75) is 19.6 Å². The number of aromatic nitrogens is 1. The summed E-state index contributed by atoms with van der Waals surface area (Å²) in [6.45, 7) is 3.26. The van der Waals surface area contributed by atoms with Gasteiger partial charge < -0.3 is 20.1 Å². The number of methoxy groups -OCH3 is 1. The Hall–Kier alpha value is -2.76. The van der Waals surface area contributed by atoms with Crippen LogP contribution in [0.2, 0.25) is 0 Å². The lowest BCUT2D eigenvalue weighted by molar-refractivity contribution is 0.223. The molecule has 6 nitrogen and oxygen atoms in total. The van der Waals surface area contributed by atoms with Gasteiger partial charge in [-0.15, -0.1) is 0 Å². The van der Waals surface area contributed by atoms with Crippen molar-refractivity contribution >= 4 is 5.96 Å². The van der Waals surface area contributed by atoms with E-state index in [1.54, 1.807) is 20.4 Å². The molecule has 0 spiro atoms. The summed E-state index contributed by atoms with van der Waals surface area (Å²) in [5.41, 5.74) is 0.961. The van der Waals surface area contributed by atoms with Gasteiger partial charge in [-0.3, -0.25) is 9.98 Å². The second kappa shape index (κ2) is 9.39. The quantitative estimate of drug-likeness (QED) is 0.602. The number of pyridine rings is 1. The van der Waals surface area contributed by atoms with Gasteiger partial charge in [0, 0.05) is 13.2 Å². The maximum absolute atomic E-state index is 5.86. The van der Waals surface area contributed by atoms with Crippen LogP contribution in [0.15, 0.2) is 53.7 Å². The SMILES string of the molecule is CN=C(NCc1ccccn1)NCC(C)Oc1ccc(OC)cc1. The third-order valence-electron chi connectivity index (χ3n) is 3.34. The van der Waals surface area contributed by atoms with Crippen LogP contribution < -0.4 is 20.1 Å². The van der Waals surface area contributed by atoms with Crippen molar-refractivity contribution in [3.8, 4) is 11.5 Å². The molecule has 128 valence electrons. The number of ether oxygens (including phenoxy) is 2. The summed E-state index contributed by atoms with van der Waals surface area (Å²) < 4.78 is 11.0. The summed E-state index contributed by atoms with van der Waals surface area (Å²) >= 11 is 0. The number of rotatable bonds is 7. The van der Waals surface area contributed by atoms with E-state index in [0.29, 0.717) is 19.0 Å². The molecule has 6 heteroatoms. The molecule has 1 heterocycles. The van der Waals surface area contributed by atoms with Gasteiger partial charge in [0.05, 0.1) is 25.9 Å². The molecule has 0 aliphatic carbocycles. The van der Waals surface area contributed by atoms with E-state index in [4.69, 9.17) is 9.47 Å². The maximum Gasteiger partial charge on any atom is 0.191 e. The lowest BCUT2D eigenvalue weighted by Gasteiger charge is -2.17. The summed E-state index contributed by atoms with van der Waals surface area (Å²) in [5.74, 6) is 2.33. The Morgan fingerprint density at radius 1 is 1.12 bits per heavy atom. The first-order chi connectivity index (χ1) is 11.7. The van der Waals surface area contributed by atoms with Crippen LogP contribution in [0.4, 0.5) is 0 Å². The van der Waals surface area contributed by atoms with E-state index in [1.165, 1.54) is 0 Å². The Kier molecular flexibility index (Phi) is 6.89. The zero-order valence-corrected chi connectivity index (χ0v) is 14.3. The summed E-state index contributed by atoms with van der Waals surface area (Å²) in [6, 6.07) is 13.4. The minimum atomic E-state index is -0.00760. The van der Waals surface area contributed by atoms with E-state index in [1.807, 2.05) is 49.4 Å². The molecule has 2 rings (SSSR count). The van der Waals surface area contributed by atoms with Crippen LogP contribution in [0.1, 0.15) is 12.6 Å². The Balaban J connectivity index is 1.75. The van der Waals surface area contributed by atoms with Crippen molar-refractivity contribution in [1.29, 1.82) is 0 Å². The number of benzene rings is 1.